The Morgan fingerprint density at radius 1 is 1.24 bits per heavy atom. The van der Waals surface area contributed by atoms with E-state index in [2.05, 4.69) is 21.1 Å². The van der Waals surface area contributed by atoms with Gasteiger partial charge in [0.15, 0.2) is 11.5 Å². The number of hydrogen-bond donors (Lipinski definition) is 1. The minimum atomic E-state index is 0.407. The Hall–Kier alpha value is -2.01. The number of benzene rings is 2. The van der Waals surface area contributed by atoms with Gasteiger partial charge < -0.3 is 14.7 Å². The molecule has 2 rings (SSSR count). The van der Waals surface area contributed by atoms with Crippen LogP contribution in [0.25, 0.3) is 0 Å². The van der Waals surface area contributed by atoms with Crippen LogP contribution >= 0.6 is 15.9 Å². The zero-order valence-corrected chi connectivity index (χ0v) is 13.4. The summed E-state index contributed by atoms with van der Waals surface area (Å²) in [4.78, 5) is 0. The number of nitrogens with zero attached hydrogens (tertiary/aromatic N) is 1. The maximum absolute atomic E-state index is 8.77. The first-order valence-electron chi connectivity index (χ1n) is 6.37. The van der Waals surface area contributed by atoms with Gasteiger partial charge >= 0.3 is 0 Å². The van der Waals surface area contributed by atoms with Crippen LogP contribution < -0.4 is 9.47 Å². The predicted molar refractivity (Wildman–Crippen MR) is 85.6 cm³/mol. The Bertz CT molecular complexity index is 639. The Labute approximate surface area is 132 Å². The zero-order chi connectivity index (χ0) is 15.2. The molecule has 0 aliphatic carbocycles. The molecule has 0 aliphatic heterocycles. The molecule has 0 atom stereocenters. The van der Waals surface area contributed by atoms with Gasteiger partial charge in [-0.05, 0) is 24.6 Å². The summed E-state index contributed by atoms with van der Waals surface area (Å²) in [5, 5.41) is 11.8. The van der Waals surface area contributed by atoms with Crippen LogP contribution in [-0.4, -0.2) is 18.5 Å². The van der Waals surface area contributed by atoms with Crippen LogP contribution in [0.1, 0.15) is 16.7 Å². The van der Waals surface area contributed by atoms with E-state index in [0.717, 1.165) is 10.0 Å². The summed E-state index contributed by atoms with van der Waals surface area (Å²) in [5.41, 5.74) is 2.89. The summed E-state index contributed by atoms with van der Waals surface area (Å²) in [6.07, 6.45) is 1.32. The Kier molecular flexibility index (Phi) is 5.22. The minimum Gasteiger partial charge on any atom is -0.493 e. The molecule has 0 aromatic heterocycles. The first kappa shape index (κ1) is 15.4. The minimum absolute atomic E-state index is 0.407. The van der Waals surface area contributed by atoms with Gasteiger partial charge in [-0.3, -0.25) is 0 Å². The lowest BCUT2D eigenvalue weighted by atomic mass is 10.1. The second-order valence-corrected chi connectivity index (χ2v) is 5.46. The number of methoxy groups -OCH3 is 1. The van der Waals surface area contributed by atoms with Crippen LogP contribution in [-0.2, 0) is 6.61 Å². The van der Waals surface area contributed by atoms with E-state index in [1.807, 2.05) is 31.2 Å². The highest BCUT2D eigenvalue weighted by Crippen LogP contribution is 2.34. The third-order valence-corrected chi connectivity index (χ3v) is 3.43. The lowest BCUT2D eigenvalue weighted by Crippen LogP contribution is -2.01. The summed E-state index contributed by atoms with van der Waals surface area (Å²) in [6.45, 7) is 2.45. The van der Waals surface area contributed by atoms with Gasteiger partial charge in [-0.25, -0.2) is 0 Å². The van der Waals surface area contributed by atoms with E-state index in [-0.39, 0.29) is 0 Å². The Balaban J connectivity index is 2.27. The SMILES string of the molecule is COc1cc(Br)cc(C=NO)c1OCc1ccc(C)cc1. The summed E-state index contributed by atoms with van der Waals surface area (Å²) < 4.78 is 12.0. The fourth-order valence-corrected chi connectivity index (χ4v) is 2.35. The van der Waals surface area contributed by atoms with E-state index in [9.17, 15) is 0 Å². The van der Waals surface area contributed by atoms with Gasteiger partial charge in [0.1, 0.15) is 6.61 Å². The number of hydrogen-bond acceptors (Lipinski definition) is 4. The standard InChI is InChI=1S/C16H16BrNO3/c1-11-3-5-12(6-4-11)10-21-16-13(9-18-19)7-14(17)8-15(16)20-2/h3-9,19H,10H2,1-2H3. The molecule has 0 fully saturated rings. The van der Waals surface area contributed by atoms with Gasteiger partial charge in [0, 0.05) is 10.0 Å². The number of oxime groups is 1. The van der Waals surface area contributed by atoms with E-state index in [1.165, 1.54) is 11.8 Å². The molecule has 0 aliphatic rings. The van der Waals surface area contributed by atoms with Crippen LogP contribution in [0.5, 0.6) is 11.5 Å². The van der Waals surface area contributed by atoms with Crippen LogP contribution in [0.3, 0.4) is 0 Å². The maximum Gasteiger partial charge on any atom is 0.170 e. The largest absolute Gasteiger partial charge is 0.493 e. The van der Waals surface area contributed by atoms with Crippen molar-refractivity contribution in [1.29, 1.82) is 0 Å². The van der Waals surface area contributed by atoms with E-state index >= 15 is 0 Å². The maximum atomic E-state index is 8.77. The molecule has 21 heavy (non-hydrogen) atoms. The summed E-state index contributed by atoms with van der Waals surface area (Å²) in [6, 6.07) is 11.7. The van der Waals surface area contributed by atoms with Gasteiger partial charge in [0.05, 0.1) is 13.3 Å². The van der Waals surface area contributed by atoms with Gasteiger partial charge in [-0.2, -0.15) is 0 Å². The molecular weight excluding hydrogens is 334 g/mol. The molecule has 0 unspecified atom stereocenters. The monoisotopic (exact) mass is 349 g/mol. The van der Waals surface area contributed by atoms with E-state index < -0.39 is 0 Å². The first-order valence-corrected chi connectivity index (χ1v) is 7.16. The fourth-order valence-electron chi connectivity index (χ4n) is 1.89. The van der Waals surface area contributed by atoms with Crippen molar-refractivity contribution in [3.8, 4) is 11.5 Å². The predicted octanol–water partition coefficient (Wildman–Crippen LogP) is 4.15. The van der Waals surface area contributed by atoms with E-state index in [0.29, 0.717) is 23.7 Å². The highest BCUT2D eigenvalue weighted by molar-refractivity contribution is 9.10. The zero-order valence-electron chi connectivity index (χ0n) is 11.8. The van der Waals surface area contributed by atoms with Crippen molar-refractivity contribution in [2.45, 2.75) is 13.5 Å². The molecule has 110 valence electrons. The summed E-state index contributed by atoms with van der Waals surface area (Å²) in [5.74, 6) is 1.12. The molecule has 4 nitrogen and oxygen atoms in total. The van der Waals surface area contributed by atoms with Crippen molar-refractivity contribution in [3.63, 3.8) is 0 Å². The van der Waals surface area contributed by atoms with Crippen molar-refractivity contribution < 1.29 is 14.7 Å². The lowest BCUT2D eigenvalue weighted by molar-refractivity contribution is 0.283. The molecule has 0 radical (unpaired) electrons. The van der Waals surface area contributed by atoms with E-state index in [1.54, 1.807) is 19.2 Å². The second kappa shape index (κ2) is 7.13. The summed E-state index contributed by atoms with van der Waals surface area (Å²) in [7, 11) is 1.57. The van der Waals surface area contributed by atoms with Gasteiger partial charge in [0.2, 0.25) is 0 Å². The Morgan fingerprint density at radius 3 is 2.57 bits per heavy atom. The van der Waals surface area contributed by atoms with Crippen molar-refractivity contribution in [1.82, 2.24) is 0 Å². The smallest absolute Gasteiger partial charge is 0.170 e. The Morgan fingerprint density at radius 2 is 1.95 bits per heavy atom. The molecule has 2 aromatic rings. The normalized spacial score (nSPS) is 10.8. The molecule has 5 heteroatoms. The third-order valence-electron chi connectivity index (χ3n) is 2.97. The fraction of sp³-hybridized carbons (Fsp3) is 0.188. The molecule has 2 aromatic carbocycles. The molecule has 0 heterocycles. The second-order valence-electron chi connectivity index (χ2n) is 4.55. The van der Waals surface area contributed by atoms with Gasteiger partial charge in [0.25, 0.3) is 0 Å². The number of halogens is 1. The topological polar surface area (TPSA) is 51.0 Å². The molecule has 0 saturated heterocycles. The molecule has 0 spiro atoms. The average molecular weight is 350 g/mol. The molecule has 0 saturated carbocycles. The first-order chi connectivity index (χ1) is 10.1. The van der Waals surface area contributed by atoms with Crippen LogP contribution in [0.2, 0.25) is 0 Å². The highest BCUT2D eigenvalue weighted by Gasteiger charge is 2.12. The van der Waals surface area contributed by atoms with Crippen LogP contribution in [0.4, 0.5) is 0 Å². The molecular formula is C16H16BrNO3. The quantitative estimate of drug-likeness (QED) is 0.501. The average Bonchev–Trinajstić information content (AvgIpc) is 2.47. The van der Waals surface area contributed by atoms with Gasteiger partial charge in [-0.1, -0.05) is 50.9 Å². The van der Waals surface area contributed by atoms with Crippen molar-refractivity contribution in [2.24, 2.45) is 5.16 Å². The summed E-state index contributed by atoms with van der Waals surface area (Å²) >= 11 is 3.38. The molecule has 0 amide bonds. The van der Waals surface area contributed by atoms with Crippen LogP contribution in [0.15, 0.2) is 46.0 Å². The lowest BCUT2D eigenvalue weighted by Gasteiger charge is -2.14. The number of rotatable bonds is 5. The van der Waals surface area contributed by atoms with Crippen molar-refractivity contribution >= 4 is 22.1 Å². The van der Waals surface area contributed by atoms with Crippen molar-refractivity contribution in [3.05, 3.63) is 57.6 Å². The van der Waals surface area contributed by atoms with Crippen molar-refractivity contribution in [2.75, 3.05) is 7.11 Å². The highest BCUT2D eigenvalue weighted by atomic mass is 79.9. The molecule has 0 bridgehead atoms. The van der Waals surface area contributed by atoms with Gasteiger partial charge in [-0.15, -0.1) is 0 Å². The molecule has 1 N–H and O–H groups in total. The van der Waals surface area contributed by atoms with E-state index in [4.69, 9.17) is 14.7 Å². The number of aryl methyl sites for hydroxylation is 1. The third kappa shape index (κ3) is 3.98. The van der Waals surface area contributed by atoms with Crippen LogP contribution in [0, 0.1) is 6.92 Å². The number of ether oxygens (including phenoxy) is 2.